The Morgan fingerprint density at radius 1 is 1.09 bits per heavy atom. The third-order valence-electron chi connectivity index (χ3n) is 6.52. The van der Waals surface area contributed by atoms with Crippen LogP contribution in [0.4, 0.5) is 0 Å². The van der Waals surface area contributed by atoms with Crippen LogP contribution in [0.25, 0.3) is 10.9 Å². The summed E-state index contributed by atoms with van der Waals surface area (Å²) in [6, 6.07) is 14.5. The predicted molar refractivity (Wildman–Crippen MR) is 146 cm³/mol. The normalized spacial score (nSPS) is 13.5. The molecule has 192 valence electrons. The zero-order valence-electron chi connectivity index (χ0n) is 21.6. The second-order valence-corrected chi connectivity index (χ2v) is 9.88. The number of aromatic nitrogens is 1. The molecule has 2 aromatic carbocycles. The van der Waals surface area contributed by atoms with Gasteiger partial charge in [-0.05, 0) is 61.3 Å². The molecule has 0 aliphatic rings. The minimum absolute atomic E-state index is 0.263. The first-order valence-electron chi connectivity index (χ1n) is 12.8. The first-order chi connectivity index (χ1) is 17.0. The lowest BCUT2D eigenvalue weighted by Crippen LogP contribution is -2.34. The fourth-order valence-corrected chi connectivity index (χ4v) is 4.86. The molecule has 5 nitrogen and oxygen atoms in total. The molecule has 0 aliphatic carbocycles. The average Bonchev–Trinajstić information content (AvgIpc) is 3.20. The van der Waals surface area contributed by atoms with E-state index in [4.69, 9.17) is 21.1 Å². The first-order valence-corrected chi connectivity index (χ1v) is 13.2. The summed E-state index contributed by atoms with van der Waals surface area (Å²) in [5, 5.41) is 12.3. The number of H-pyrrole nitrogens is 1. The lowest BCUT2D eigenvalue weighted by molar-refractivity contribution is 0.0668. The van der Waals surface area contributed by atoms with Gasteiger partial charge in [0.2, 0.25) is 0 Å². The van der Waals surface area contributed by atoms with E-state index in [1.165, 1.54) is 22.2 Å². The van der Waals surface area contributed by atoms with Crippen LogP contribution < -0.4 is 4.74 Å². The predicted octanol–water partition coefficient (Wildman–Crippen LogP) is 6.41. The first kappa shape index (κ1) is 27.5. The summed E-state index contributed by atoms with van der Waals surface area (Å²) in [6.45, 7) is 6.70. The van der Waals surface area contributed by atoms with Crippen LogP contribution in [0, 0.1) is 0 Å². The molecule has 1 heterocycles. The third kappa shape index (κ3) is 7.71. The highest BCUT2D eigenvalue weighted by atomic mass is 35.5. The molecule has 6 heteroatoms. The minimum Gasteiger partial charge on any atom is -0.491 e. The summed E-state index contributed by atoms with van der Waals surface area (Å²) >= 11 is 6.35. The van der Waals surface area contributed by atoms with Crippen LogP contribution in [0.5, 0.6) is 5.75 Å². The molecule has 35 heavy (non-hydrogen) atoms. The van der Waals surface area contributed by atoms with E-state index in [1.54, 1.807) is 7.11 Å². The number of methoxy groups -OCH3 is 1. The van der Waals surface area contributed by atoms with Gasteiger partial charge in [0.05, 0.1) is 6.61 Å². The molecule has 0 fully saturated rings. The number of rotatable bonds is 15. The number of benzene rings is 2. The van der Waals surface area contributed by atoms with Gasteiger partial charge in [0, 0.05) is 47.7 Å². The van der Waals surface area contributed by atoms with Crippen LogP contribution in [-0.4, -0.2) is 61.6 Å². The summed E-state index contributed by atoms with van der Waals surface area (Å²) in [4.78, 5) is 5.78. The highest BCUT2D eigenvalue weighted by molar-refractivity contribution is 6.31. The molecule has 3 rings (SSSR count). The Morgan fingerprint density at radius 2 is 1.86 bits per heavy atom. The van der Waals surface area contributed by atoms with Crippen molar-refractivity contribution < 1.29 is 14.6 Å². The number of halogens is 1. The SMILES string of the molecule is CCCCC(c1ccc(OCC(O)CN(C)CCOC)cc1)c1[nH]c2ccc(Cl)cc2c1CCC. The largest absolute Gasteiger partial charge is 0.491 e. The number of aryl methyl sites for hydroxylation is 1. The molecule has 2 N–H and O–H groups in total. The van der Waals surface area contributed by atoms with Gasteiger partial charge in [0.15, 0.2) is 0 Å². The summed E-state index contributed by atoms with van der Waals surface area (Å²) < 4.78 is 11.0. The van der Waals surface area contributed by atoms with Crippen LogP contribution in [0.1, 0.15) is 62.3 Å². The van der Waals surface area contributed by atoms with Gasteiger partial charge in [-0.3, -0.25) is 0 Å². The Kier molecular flexibility index (Phi) is 10.9. The molecule has 0 aliphatic heterocycles. The van der Waals surface area contributed by atoms with Gasteiger partial charge < -0.3 is 24.5 Å². The molecule has 2 atom stereocenters. The van der Waals surface area contributed by atoms with Gasteiger partial charge in [0.25, 0.3) is 0 Å². The van der Waals surface area contributed by atoms with E-state index < -0.39 is 6.10 Å². The van der Waals surface area contributed by atoms with Gasteiger partial charge in [-0.2, -0.15) is 0 Å². The smallest absolute Gasteiger partial charge is 0.119 e. The summed E-state index contributed by atoms with van der Waals surface area (Å²) in [7, 11) is 3.65. The lowest BCUT2D eigenvalue weighted by atomic mass is 9.87. The molecule has 0 radical (unpaired) electrons. The van der Waals surface area contributed by atoms with Gasteiger partial charge in [-0.25, -0.2) is 0 Å². The van der Waals surface area contributed by atoms with Crippen molar-refractivity contribution in [3.05, 3.63) is 64.3 Å². The molecular formula is C29H41ClN2O3. The van der Waals surface area contributed by atoms with Crippen molar-refractivity contribution in [3.63, 3.8) is 0 Å². The van der Waals surface area contributed by atoms with Gasteiger partial charge in [-0.1, -0.05) is 56.8 Å². The van der Waals surface area contributed by atoms with Crippen LogP contribution in [-0.2, 0) is 11.2 Å². The van der Waals surface area contributed by atoms with Crippen LogP contribution >= 0.6 is 11.6 Å². The summed E-state index contributed by atoms with van der Waals surface area (Å²) in [6.07, 6.45) is 4.96. The summed E-state index contributed by atoms with van der Waals surface area (Å²) in [5.74, 6) is 1.07. The molecular weight excluding hydrogens is 460 g/mol. The van der Waals surface area contributed by atoms with Gasteiger partial charge in [-0.15, -0.1) is 0 Å². The Hall–Kier alpha value is -2.05. The number of unbranched alkanes of at least 4 members (excludes halogenated alkanes) is 1. The molecule has 0 amide bonds. The fraction of sp³-hybridized carbons (Fsp3) is 0.517. The van der Waals surface area contributed by atoms with Crippen molar-refractivity contribution in [2.45, 2.75) is 58.0 Å². The molecule has 0 spiro atoms. The van der Waals surface area contributed by atoms with E-state index in [2.05, 4.69) is 43.1 Å². The van der Waals surface area contributed by atoms with E-state index in [0.29, 0.717) is 13.2 Å². The van der Waals surface area contributed by atoms with E-state index in [-0.39, 0.29) is 12.5 Å². The van der Waals surface area contributed by atoms with Crippen molar-refractivity contribution in [2.75, 3.05) is 40.5 Å². The highest BCUT2D eigenvalue weighted by Gasteiger charge is 2.21. The maximum atomic E-state index is 10.3. The van der Waals surface area contributed by atoms with Crippen molar-refractivity contribution in [2.24, 2.45) is 0 Å². The van der Waals surface area contributed by atoms with E-state index in [0.717, 1.165) is 54.9 Å². The molecule has 3 aromatic rings. The second-order valence-electron chi connectivity index (χ2n) is 9.44. The fourth-order valence-electron chi connectivity index (χ4n) is 4.68. The van der Waals surface area contributed by atoms with Crippen molar-refractivity contribution in [1.82, 2.24) is 9.88 Å². The maximum Gasteiger partial charge on any atom is 0.119 e. The number of hydrogen-bond donors (Lipinski definition) is 2. The number of aliphatic hydroxyl groups excluding tert-OH is 1. The van der Waals surface area contributed by atoms with Crippen LogP contribution in [0.2, 0.25) is 5.02 Å². The maximum absolute atomic E-state index is 10.3. The van der Waals surface area contributed by atoms with Crippen molar-refractivity contribution in [1.29, 1.82) is 0 Å². The van der Waals surface area contributed by atoms with Crippen molar-refractivity contribution in [3.8, 4) is 5.75 Å². The monoisotopic (exact) mass is 500 g/mol. The number of nitrogens with zero attached hydrogens (tertiary/aromatic N) is 1. The van der Waals surface area contributed by atoms with Crippen LogP contribution in [0.15, 0.2) is 42.5 Å². The number of nitrogens with one attached hydrogen (secondary N) is 1. The summed E-state index contributed by atoms with van der Waals surface area (Å²) in [5.41, 5.74) is 5.12. The zero-order chi connectivity index (χ0) is 25.2. The zero-order valence-corrected chi connectivity index (χ0v) is 22.4. The number of hydrogen-bond acceptors (Lipinski definition) is 4. The Labute approximate surface area is 215 Å². The second kappa shape index (κ2) is 13.9. The van der Waals surface area contributed by atoms with Gasteiger partial charge in [0.1, 0.15) is 18.5 Å². The third-order valence-corrected chi connectivity index (χ3v) is 6.76. The van der Waals surface area contributed by atoms with Crippen molar-refractivity contribution >= 4 is 22.5 Å². The van der Waals surface area contributed by atoms with Gasteiger partial charge >= 0.3 is 0 Å². The van der Waals surface area contributed by atoms with E-state index >= 15 is 0 Å². The Balaban J connectivity index is 1.76. The number of aromatic amines is 1. The number of aliphatic hydroxyl groups is 1. The molecule has 0 saturated carbocycles. The molecule has 0 saturated heterocycles. The standard InChI is InChI=1S/C29H41ClN2O3/c1-5-7-9-25(29-26(8-6-2)27-18-22(30)12-15-28(27)31-29)21-10-13-24(14-11-21)35-20-23(33)19-32(3)16-17-34-4/h10-15,18,23,25,31,33H,5-9,16-17,19-20H2,1-4H3. The average molecular weight is 501 g/mol. The van der Waals surface area contributed by atoms with Crippen LogP contribution in [0.3, 0.4) is 0 Å². The number of ether oxygens (including phenoxy) is 2. The molecule has 0 bridgehead atoms. The quantitative estimate of drug-likeness (QED) is 0.253. The highest BCUT2D eigenvalue weighted by Crippen LogP contribution is 2.37. The Morgan fingerprint density at radius 3 is 2.54 bits per heavy atom. The molecule has 1 aromatic heterocycles. The lowest BCUT2D eigenvalue weighted by Gasteiger charge is -2.21. The number of fused-ring (bicyclic) bond motifs is 1. The van der Waals surface area contributed by atoms with E-state index in [1.807, 2.05) is 30.1 Å². The Bertz CT molecular complexity index is 1030. The molecule has 2 unspecified atom stereocenters. The topological polar surface area (TPSA) is 57.7 Å². The minimum atomic E-state index is -0.552. The van der Waals surface area contributed by atoms with E-state index in [9.17, 15) is 5.11 Å². The number of likely N-dealkylation sites (N-methyl/N-ethyl adjacent to an activating group) is 1.